The Bertz CT molecular complexity index is 2350. The van der Waals surface area contributed by atoms with E-state index in [0.717, 1.165) is 38.4 Å². The SMILES string of the molecule is N/C(=C\C=C(/N)n1c2ccccc2c2ccc3cc4c(cc3c21)c1ccccc1n4-c1ccccc1)c1ccccc1. The molecule has 0 aliphatic heterocycles. The van der Waals surface area contributed by atoms with Crippen LogP contribution in [0.4, 0.5) is 0 Å². The maximum Gasteiger partial charge on any atom is 0.108 e. The fourth-order valence-electron chi connectivity index (χ4n) is 6.35. The van der Waals surface area contributed by atoms with E-state index in [0.29, 0.717) is 11.5 Å². The van der Waals surface area contributed by atoms with Gasteiger partial charge in [-0.15, -0.1) is 0 Å². The van der Waals surface area contributed by atoms with Crippen LogP contribution < -0.4 is 11.5 Å². The van der Waals surface area contributed by atoms with E-state index in [4.69, 9.17) is 11.5 Å². The largest absolute Gasteiger partial charge is 0.398 e. The fourth-order valence-corrected chi connectivity index (χ4v) is 6.35. The quantitative estimate of drug-likeness (QED) is 0.219. The van der Waals surface area contributed by atoms with E-state index in [9.17, 15) is 0 Å². The van der Waals surface area contributed by atoms with E-state index in [1.165, 1.54) is 27.2 Å². The number of nitrogens with two attached hydrogens (primary N) is 2. The summed E-state index contributed by atoms with van der Waals surface area (Å²) in [6.45, 7) is 0. The van der Waals surface area contributed by atoms with Crippen molar-refractivity contribution in [3.05, 3.63) is 151 Å². The average molecular weight is 541 g/mol. The van der Waals surface area contributed by atoms with Gasteiger partial charge in [0.15, 0.2) is 0 Å². The highest BCUT2D eigenvalue weighted by Gasteiger charge is 2.18. The van der Waals surface area contributed by atoms with Crippen molar-refractivity contribution in [3.63, 3.8) is 0 Å². The lowest BCUT2D eigenvalue weighted by molar-refractivity contribution is 1.18. The smallest absolute Gasteiger partial charge is 0.108 e. The summed E-state index contributed by atoms with van der Waals surface area (Å²) in [5.74, 6) is 0.611. The molecule has 8 rings (SSSR count). The minimum atomic E-state index is 0.611. The zero-order chi connectivity index (χ0) is 28.2. The Morgan fingerprint density at radius 2 is 1.14 bits per heavy atom. The predicted molar refractivity (Wildman–Crippen MR) is 178 cm³/mol. The van der Waals surface area contributed by atoms with E-state index in [2.05, 4.69) is 112 Å². The lowest BCUT2D eigenvalue weighted by Crippen LogP contribution is -2.06. The van der Waals surface area contributed by atoms with Crippen LogP contribution in [0.15, 0.2) is 146 Å². The minimum Gasteiger partial charge on any atom is -0.398 e. The second-order valence-corrected chi connectivity index (χ2v) is 10.7. The minimum absolute atomic E-state index is 0.611. The van der Waals surface area contributed by atoms with Crippen LogP contribution in [0.2, 0.25) is 0 Å². The molecule has 4 heteroatoms. The normalized spacial score (nSPS) is 12.8. The van der Waals surface area contributed by atoms with Crippen LogP contribution in [0.1, 0.15) is 5.56 Å². The Kier molecular flexibility index (Phi) is 5.41. The van der Waals surface area contributed by atoms with Crippen LogP contribution in [0, 0.1) is 0 Å². The van der Waals surface area contributed by atoms with Crippen molar-refractivity contribution in [1.82, 2.24) is 9.13 Å². The molecule has 0 radical (unpaired) electrons. The van der Waals surface area contributed by atoms with Crippen molar-refractivity contribution in [3.8, 4) is 5.69 Å². The molecule has 2 heterocycles. The highest BCUT2D eigenvalue weighted by atomic mass is 15.1. The van der Waals surface area contributed by atoms with Gasteiger partial charge in [0.2, 0.25) is 0 Å². The zero-order valence-corrected chi connectivity index (χ0v) is 22.9. The summed E-state index contributed by atoms with van der Waals surface area (Å²) in [4.78, 5) is 0. The molecule has 4 N–H and O–H groups in total. The van der Waals surface area contributed by atoms with Crippen LogP contribution in [-0.4, -0.2) is 9.13 Å². The molecule has 200 valence electrons. The van der Waals surface area contributed by atoms with Gasteiger partial charge in [0.05, 0.1) is 22.1 Å². The van der Waals surface area contributed by atoms with Crippen molar-refractivity contribution in [2.75, 3.05) is 0 Å². The van der Waals surface area contributed by atoms with Crippen molar-refractivity contribution in [1.29, 1.82) is 0 Å². The number of nitrogens with zero attached hydrogens (tertiary/aromatic N) is 2. The highest BCUT2D eigenvalue weighted by Crippen LogP contribution is 2.40. The first-order valence-corrected chi connectivity index (χ1v) is 14.1. The van der Waals surface area contributed by atoms with E-state index in [-0.39, 0.29) is 0 Å². The zero-order valence-electron chi connectivity index (χ0n) is 22.9. The second kappa shape index (κ2) is 9.43. The summed E-state index contributed by atoms with van der Waals surface area (Å²) in [6, 6.07) is 46.7. The van der Waals surface area contributed by atoms with Gasteiger partial charge in [0.1, 0.15) is 5.82 Å². The average Bonchev–Trinajstić information content (AvgIpc) is 3.56. The number of fused-ring (bicyclic) bond motifs is 8. The van der Waals surface area contributed by atoms with Crippen LogP contribution >= 0.6 is 0 Å². The number of hydrogen-bond acceptors (Lipinski definition) is 2. The maximum atomic E-state index is 6.89. The third-order valence-corrected chi connectivity index (χ3v) is 8.26. The molecule has 2 aromatic heterocycles. The molecule has 0 fully saturated rings. The van der Waals surface area contributed by atoms with Gasteiger partial charge >= 0.3 is 0 Å². The van der Waals surface area contributed by atoms with Gasteiger partial charge in [-0.2, -0.15) is 0 Å². The first kappa shape index (κ1) is 24.1. The first-order valence-electron chi connectivity index (χ1n) is 14.1. The number of hydrogen-bond donors (Lipinski definition) is 2. The van der Waals surface area contributed by atoms with Crippen molar-refractivity contribution in [2.24, 2.45) is 11.5 Å². The van der Waals surface area contributed by atoms with Gasteiger partial charge in [-0.3, -0.25) is 4.57 Å². The molecular weight excluding hydrogens is 512 g/mol. The molecule has 0 unspecified atom stereocenters. The molecule has 0 saturated carbocycles. The van der Waals surface area contributed by atoms with E-state index in [1.54, 1.807) is 0 Å². The van der Waals surface area contributed by atoms with Crippen LogP contribution in [-0.2, 0) is 0 Å². The molecule has 0 amide bonds. The number of rotatable bonds is 4. The monoisotopic (exact) mass is 540 g/mol. The molecule has 42 heavy (non-hydrogen) atoms. The predicted octanol–water partition coefficient (Wildman–Crippen LogP) is 8.80. The van der Waals surface area contributed by atoms with Gasteiger partial charge in [-0.25, -0.2) is 0 Å². The Balaban J connectivity index is 1.45. The standard InChI is InChI=1S/C38H28N4/c39-33(25-11-3-1-4-12-25)21-22-37(40)42-35-18-10-7-15-28(35)30-20-19-26-23-36-32(24-31(26)38(30)42)29-16-8-9-17-34(29)41(36)27-13-5-2-6-14-27/h1-24H,39-40H2/b33-21-,37-22+. The fraction of sp³-hybridized carbons (Fsp3) is 0. The topological polar surface area (TPSA) is 61.9 Å². The molecular formula is C38H28N4. The van der Waals surface area contributed by atoms with Crippen LogP contribution in [0.3, 0.4) is 0 Å². The summed E-state index contributed by atoms with van der Waals surface area (Å²) >= 11 is 0. The molecule has 0 aliphatic carbocycles. The van der Waals surface area contributed by atoms with Crippen LogP contribution in [0.5, 0.6) is 0 Å². The number of para-hydroxylation sites is 3. The molecule has 4 nitrogen and oxygen atoms in total. The first-order chi connectivity index (χ1) is 20.7. The van der Waals surface area contributed by atoms with Gasteiger partial charge in [0, 0.05) is 38.3 Å². The highest BCUT2D eigenvalue weighted by molar-refractivity contribution is 6.23. The summed E-state index contributed by atoms with van der Waals surface area (Å²) in [5, 5.41) is 7.08. The number of allylic oxidation sites excluding steroid dienone is 2. The Hall–Kier alpha value is -5.74. The summed E-state index contributed by atoms with van der Waals surface area (Å²) in [7, 11) is 0. The Morgan fingerprint density at radius 3 is 1.90 bits per heavy atom. The van der Waals surface area contributed by atoms with E-state index in [1.807, 2.05) is 42.5 Å². The molecule has 0 bridgehead atoms. The van der Waals surface area contributed by atoms with Crippen molar-refractivity contribution >= 4 is 65.9 Å². The lowest BCUT2D eigenvalue weighted by Gasteiger charge is -2.11. The van der Waals surface area contributed by atoms with Gasteiger partial charge < -0.3 is 16.0 Å². The van der Waals surface area contributed by atoms with Gasteiger partial charge in [-0.05, 0) is 59.5 Å². The molecule has 0 aliphatic rings. The van der Waals surface area contributed by atoms with Crippen molar-refractivity contribution in [2.45, 2.75) is 0 Å². The Labute approximate surface area is 243 Å². The summed E-state index contributed by atoms with van der Waals surface area (Å²) in [6.07, 6.45) is 3.80. The van der Waals surface area contributed by atoms with E-state index < -0.39 is 0 Å². The molecule has 0 saturated heterocycles. The van der Waals surface area contributed by atoms with Crippen LogP contribution in [0.25, 0.3) is 71.6 Å². The third kappa shape index (κ3) is 3.62. The maximum absolute atomic E-state index is 6.89. The van der Waals surface area contributed by atoms with Crippen molar-refractivity contribution < 1.29 is 0 Å². The molecule has 0 spiro atoms. The number of benzene rings is 6. The number of aromatic nitrogens is 2. The van der Waals surface area contributed by atoms with E-state index >= 15 is 0 Å². The summed E-state index contributed by atoms with van der Waals surface area (Å²) < 4.78 is 4.53. The molecule has 6 aromatic carbocycles. The molecule has 8 aromatic rings. The third-order valence-electron chi connectivity index (χ3n) is 8.26. The second-order valence-electron chi connectivity index (χ2n) is 10.7. The van der Waals surface area contributed by atoms with Gasteiger partial charge in [-0.1, -0.05) is 97.1 Å². The molecule has 0 atom stereocenters. The lowest BCUT2D eigenvalue weighted by atomic mass is 10.0. The summed E-state index contributed by atoms with van der Waals surface area (Å²) in [5.41, 5.74) is 20.6. The van der Waals surface area contributed by atoms with Gasteiger partial charge in [0.25, 0.3) is 0 Å². The Morgan fingerprint density at radius 1 is 0.500 bits per heavy atom.